The van der Waals surface area contributed by atoms with Crippen LogP contribution in [0.3, 0.4) is 0 Å². The molecule has 0 unspecified atom stereocenters. The van der Waals surface area contributed by atoms with Crippen LogP contribution in [-0.4, -0.2) is 23.5 Å². The summed E-state index contributed by atoms with van der Waals surface area (Å²) in [6.07, 6.45) is 14.9. The number of aliphatic hydroxyl groups excluding tert-OH is 1. The van der Waals surface area contributed by atoms with Crippen molar-refractivity contribution in [1.29, 1.82) is 0 Å². The van der Waals surface area contributed by atoms with E-state index in [1.807, 2.05) is 0 Å². The first-order valence-electron chi connectivity index (χ1n) is 9.22. The Hall–Kier alpha value is -1.32. The summed E-state index contributed by atoms with van der Waals surface area (Å²) in [5, 5.41) is 9.36. The molecule has 0 amide bonds. The van der Waals surface area contributed by atoms with Gasteiger partial charge in [-0.25, -0.2) is 4.79 Å². The molecule has 0 saturated carbocycles. The Balaban J connectivity index is 3.49. The van der Waals surface area contributed by atoms with Crippen molar-refractivity contribution < 1.29 is 19.4 Å². The van der Waals surface area contributed by atoms with Crippen molar-refractivity contribution in [3.63, 3.8) is 0 Å². The second-order valence-corrected chi connectivity index (χ2v) is 6.00. The van der Waals surface area contributed by atoms with Gasteiger partial charge in [-0.1, -0.05) is 71.1 Å². The minimum absolute atomic E-state index is 0.184. The first-order chi connectivity index (χ1) is 11.1. The summed E-state index contributed by atoms with van der Waals surface area (Å²) in [5.41, 5.74) is 0. The highest BCUT2D eigenvalue weighted by atomic mass is 16.5. The number of esters is 1. The third kappa shape index (κ3) is 14.0. The summed E-state index contributed by atoms with van der Waals surface area (Å²) in [6.45, 7) is 4.07. The number of hydrogen-bond donors (Lipinski definition) is 1. The van der Waals surface area contributed by atoms with Crippen molar-refractivity contribution in [2.45, 2.75) is 90.9 Å². The summed E-state index contributed by atoms with van der Waals surface area (Å²) in [6, 6.07) is 0. The number of allylic oxidation sites excluding steroid dienone is 1. The third-order valence-electron chi connectivity index (χ3n) is 3.81. The predicted molar refractivity (Wildman–Crippen MR) is 93.4 cm³/mol. The number of ether oxygens (including phenoxy) is 1. The maximum absolute atomic E-state index is 11.6. The van der Waals surface area contributed by atoms with Gasteiger partial charge in [-0.15, -0.1) is 0 Å². The molecule has 134 valence electrons. The predicted octanol–water partition coefficient (Wildman–Crippen LogP) is 5.26. The van der Waals surface area contributed by atoms with Gasteiger partial charge in [-0.3, -0.25) is 4.79 Å². The standard InChI is InChI=1S/C19H34O4/c1-3-5-6-7-8-9-10-11-12-13-14-15-17(20)16-18(21)19(22)23-4-2/h16,21H,3-15H2,1-2H3. The van der Waals surface area contributed by atoms with Crippen LogP contribution in [0.15, 0.2) is 11.8 Å². The zero-order chi connectivity index (χ0) is 17.3. The molecule has 0 saturated heterocycles. The Bertz CT molecular complexity index is 347. The van der Waals surface area contributed by atoms with E-state index >= 15 is 0 Å². The van der Waals surface area contributed by atoms with E-state index in [1.165, 1.54) is 51.4 Å². The fraction of sp³-hybridized carbons (Fsp3) is 0.789. The highest BCUT2D eigenvalue weighted by Gasteiger charge is 2.10. The van der Waals surface area contributed by atoms with Gasteiger partial charge in [0.25, 0.3) is 0 Å². The van der Waals surface area contributed by atoms with E-state index in [9.17, 15) is 14.7 Å². The molecule has 0 aromatic rings. The first-order valence-corrected chi connectivity index (χ1v) is 9.22. The lowest BCUT2D eigenvalue weighted by Crippen LogP contribution is -2.09. The van der Waals surface area contributed by atoms with Gasteiger partial charge < -0.3 is 9.84 Å². The molecule has 0 atom stereocenters. The lowest BCUT2D eigenvalue weighted by molar-refractivity contribution is -0.141. The average Bonchev–Trinajstić information content (AvgIpc) is 2.52. The van der Waals surface area contributed by atoms with Crippen LogP contribution in [0.2, 0.25) is 0 Å². The zero-order valence-electron chi connectivity index (χ0n) is 14.9. The van der Waals surface area contributed by atoms with Crippen LogP contribution in [0.4, 0.5) is 0 Å². The first kappa shape index (κ1) is 21.7. The number of hydrogen-bond acceptors (Lipinski definition) is 4. The molecule has 23 heavy (non-hydrogen) atoms. The van der Waals surface area contributed by atoms with Crippen LogP contribution < -0.4 is 0 Å². The lowest BCUT2D eigenvalue weighted by atomic mass is 10.0. The molecule has 4 nitrogen and oxygen atoms in total. The molecular formula is C19H34O4. The SMILES string of the molecule is CCCCCCCCCCCCCC(=O)C=C(O)C(=O)OCC. The highest BCUT2D eigenvalue weighted by molar-refractivity contribution is 5.97. The number of unbranched alkanes of at least 4 members (excludes halogenated alkanes) is 10. The molecule has 0 heterocycles. The van der Waals surface area contributed by atoms with Crippen molar-refractivity contribution in [3.8, 4) is 0 Å². The maximum atomic E-state index is 11.6. The fourth-order valence-electron chi connectivity index (χ4n) is 2.45. The largest absolute Gasteiger partial charge is 0.502 e. The smallest absolute Gasteiger partial charge is 0.373 e. The molecule has 0 aliphatic carbocycles. The Morgan fingerprint density at radius 2 is 1.30 bits per heavy atom. The molecule has 0 bridgehead atoms. The van der Waals surface area contributed by atoms with E-state index < -0.39 is 11.7 Å². The van der Waals surface area contributed by atoms with E-state index in [4.69, 9.17) is 0 Å². The van der Waals surface area contributed by atoms with Crippen molar-refractivity contribution in [2.24, 2.45) is 0 Å². The van der Waals surface area contributed by atoms with Gasteiger partial charge in [0.05, 0.1) is 6.61 Å². The molecule has 1 N–H and O–H groups in total. The Labute approximate surface area is 141 Å². The minimum Gasteiger partial charge on any atom is -0.502 e. The Morgan fingerprint density at radius 3 is 1.78 bits per heavy atom. The zero-order valence-corrected chi connectivity index (χ0v) is 14.9. The van der Waals surface area contributed by atoms with Crippen molar-refractivity contribution in [2.75, 3.05) is 6.61 Å². The van der Waals surface area contributed by atoms with Gasteiger partial charge in [-0.2, -0.15) is 0 Å². The Kier molecular flexibility index (Phi) is 14.7. The molecule has 0 aromatic heterocycles. The molecule has 0 rings (SSSR count). The van der Waals surface area contributed by atoms with Gasteiger partial charge in [0, 0.05) is 12.5 Å². The quantitative estimate of drug-likeness (QED) is 0.193. The molecule has 4 heteroatoms. The summed E-state index contributed by atoms with van der Waals surface area (Å²) >= 11 is 0. The second-order valence-electron chi connectivity index (χ2n) is 6.00. The monoisotopic (exact) mass is 326 g/mol. The molecule has 0 aromatic carbocycles. The van der Waals surface area contributed by atoms with E-state index in [0.717, 1.165) is 25.3 Å². The number of ketones is 1. The highest BCUT2D eigenvalue weighted by Crippen LogP contribution is 2.12. The van der Waals surface area contributed by atoms with Crippen molar-refractivity contribution in [1.82, 2.24) is 0 Å². The molecule has 0 aliphatic heterocycles. The van der Waals surface area contributed by atoms with Gasteiger partial charge in [-0.05, 0) is 13.3 Å². The summed E-state index contributed by atoms with van der Waals surface area (Å²) in [7, 11) is 0. The van der Waals surface area contributed by atoms with Crippen LogP contribution in [-0.2, 0) is 14.3 Å². The fourth-order valence-corrected chi connectivity index (χ4v) is 2.45. The molecule has 0 fully saturated rings. The average molecular weight is 326 g/mol. The number of carbonyl (C=O) groups excluding carboxylic acids is 2. The number of carbonyl (C=O) groups is 2. The van der Waals surface area contributed by atoms with E-state index in [-0.39, 0.29) is 12.4 Å². The summed E-state index contributed by atoms with van der Waals surface area (Å²) in [5.74, 6) is -1.65. The molecule has 0 spiro atoms. The van der Waals surface area contributed by atoms with E-state index in [1.54, 1.807) is 6.92 Å². The molecular weight excluding hydrogens is 292 g/mol. The van der Waals surface area contributed by atoms with Gasteiger partial charge >= 0.3 is 5.97 Å². The number of rotatable bonds is 15. The van der Waals surface area contributed by atoms with E-state index in [0.29, 0.717) is 6.42 Å². The van der Waals surface area contributed by atoms with Gasteiger partial charge in [0.1, 0.15) is 0 Å². The summed E-state index contributed by atoms with van der Waals surface area (Å²) in [4.78, 5) is 22.7. The van der Waals surface area contributed by atoms with E-state index in [2.05, 4.69) is 11.7 Å². The normalized spacial score (nSPS) is 11.5. The maximum Gasteiger partial charge on any atom is 0.373 e. The molecule has 0 aliphatic rings. The van der Waals surface area contributed by atoms with Crippen molar-refractivity contribution in [3.05, 3.63) is 11.8 Å². The van der Waals surface area contributed by atoms with Gasteiger partial charge in [0.2, 0.25) is 5.76 Å². The molecule has 0 radical (unpaired) electrons. The van der Waals surface area contributed by atoms with Crippen molar-refractivity contribution >= 4 is 11.8 Å². The Morgan fingerprint density at radius 1 is 0.826 bits per heavy atom. The second kappa shape index (κ2) is 15.6. The van der Waals surface area contributed by atoms with Crippen LogP contribution in [0.25, 0.3) is 0 Å². The van der Waals surface area contributed by atoms with Crippen LogP contribution in [0.1, 0.15) is 90.9 Å². The van der Waals surface area contributed by atoms with Gasteiger partial charge in [0.15, 0.2) is 5.78 Å². The van der Waals surface area contributed by atoms with Crippen LogP contribution in [0.5, 0.6) is 0 Å². The minimum atomic E-state index is -0.834. The van der Waals surface area contributed by atoms with Crippen LogP contribution >= 0.6 is 0 Å². The van der Waals surface area contributed by atoms with Crippen LogP contribution in [0, 0.1) is 0 Å². The lowest BCUT2D eigenvalue weighted by Gasteiger charge is -2.02. The topological polar surface area (TPSA) is 63.6 Å². The third-order valence-corrected chi connectivity index (χ3v) is 3.81. The summed E-state index contributed by atoms with van der Waals surface area (Å²) < 4.78 is 4.61. The number of aliphatic hydroxyl groups is 1.